The van der Waals surface area contributed by atoms with Gasteiger partial charge in [-0.25, -0.2) is 0 Å². The first-order valence-corrected chi connectivity index (χ1v) is 5.78. The molecule has 3 heteroatoms. The van der Waals surface area contributed by atoms with Gasteiger partial charge in [-0.05, 0) is 18.3 Å². The second-order valence-electron chi connectivity index (χ2n) is 5.95. The number of rotatable bonds is 2. The number of allylic oxidation sites excluding steroid dienone is 2. The molecule has 0 spiro atoms. The SMILES string of the molecule is CC(C)(C)C(=O)C1C2C=CC(C2)C1C(=O)O. The Balaban J connectivity index is 2.30. The van der Waals surface area contributed by atoms with E-state index in [1.54, 1.807) is 0 Å². The zero-order valence-electron chi connectivity index (χ0n) is 9.93. The van der Waals surface area contributed by atoms with Gasteiger partial charge < -0.3 is 5.11 Å². The quantitative estimate of drug-likeness (QED) is 0.728. The van der Waals surface area contributed by atoms with Crippen molar-refractivity contribution < 1.29 is 14.7 Å². The third-order valence-electron chi connectivity index (χ3n) is 3.79. The van der Waals surface area contributed by atoms with Crippen molar-refractivity contribution in [3.05, 3.63) is 12.2 Å². The number of carboxylic acids is 1. The highest BCUT2D eigenvalue weighted by molar-refractivity contribution is 5.91. The summed E-state index contributed by atoms with van der Waals surface area (Å²) in [6, 6.07) is 0. The molecule has 2 aliphatic rings. The number of aliphatic carboxylic acids is 1. The molecule has 2 aliphatic carbocycles. The number of hydrogen-bond acceptors (Lipinski definition) is 2. The van der Waals surface area contributed by atoms with Crippen LogP contribution >= 0.6 is 0 Å². The summed E-state index contributed by atoms with van der Waals surface area (Å²) in [5, 5.41) is 9.23. The van der Waals surface area contributed by atoms with E-state index < -0.39 is 17.3 Å². The molecule has 0 heterocycles. The second kappa shape index (κ2) is 3.44. The van der Waals surface area contributed by atoms with Crippen molar-refractivity contribution in [2.45, 2.75) is 27.2 Å². The molecule has 1 N–H and O–H groups in total. The third kappa shape index (κ3) is 1.58. The predicted molar refractivity (Wildman–Crippen MR) is 59.8 cm³/mol. The summed E-state index contributed by atoms with van der Waals surface area (Å²) in [6.07, 6.45) is 4.83. The highest BCUT2D eigenvalue weighted by Crippen LogP contribution is 2.50. The van der Waals surface area contributed by atoms with Crippen molar-refractivity contribution in [3.8, 4) is 0 Å². The van der Waals surface area contributed by atoms with Crippen LogP contribution in [-0.4, -0.2) is 16.9 Å². The van der Waals surface area contributed by atoms with Crippen molar-refractivity contribution in [1.29, 1.82) is 0 Å². The van der Waals surface area contributed by atoms with Crippen LogP contribution in [0.2, 0.25) is 0 Å². The first-order chi connectivity index (χ1) is 7.32. The van der Waals surface area contributed by atoms with Crippen molar-refractivity contribution in [3.63, 3.8) is 0 Å². The second-order valence-corrected chi connectivity index (χ2v) is 5.95. The zero-order valence-corrected chi connectivity index (χ0v) is 9.93. The van der Waals surface area contributed by atoms with E-state index in [9.17, 15) is 14.7 Å². The van der Waals surface area contributed by atoms with Crippen molar-refractivity contribution in [1.82, 2.24) is 0 Å². The van der Waals surface area contributed by atoms with Gasteiger partial charge in [0.25, 0.3) is 0 Å². The molecule has 2 rings (SSSR count). The predicted octanol–water partition coefficient (Wildman–Crippen LogP) is 2.12. The van der Waals surface area contributed by atoms with Gasteiger partial charge in [0.2, 0.25) is 0 Å². The molecule has 0 amide bonds. The number of Topliss-reactive ketones (excluding diaryl/α,β-unsaturated/α-hetero) is 1. The van der Waals surface area contributed by atoms with Crippen LogP contribution in [-0.2, 0) is 9.59 Å². The lowest BCUT2D eigenvalue weighted by Crippen LogP contribution is -2.38. The van der Waals surface area contributed by atoms with E-state index >= 15 is 0 Å². The summed E-state index contributed by atoms with van der Waals surface area (Å²) in [5.41, 5.74) is -0.448. The van der Waals surface area contributed by atoms with Gasteiger partial charge in [0.1, 0.15) is 5.78 Å². The van der Waals surface area contributed by atoms with E-state index in [4.69, 9.17) is 0 Å². The maximum absolute atomic E-state index is 12.3. The van der Waals surface area contributed by atoms with Crippen LogP contribution in [0.15, 0.2) is 12.2 Å². The lowest BCUT2D eigenvalue weighted by Gasteiger charge is -2.29. The Morgan fingerprint density at radius 1 is 1.12 bits per heavy atom. The van der Waals surface area contributed by atoms with Gasteiger partial charge in [-0.1, -0.05) is 32.9 Å². The van der Waals surface area contributed by atoms with Crippen molar-refractivity contribution in [2.75, 3.05) is 0 Å². The first kappa shape index (κ1) is 11.4. The molecular formula is C13H18O3. The minimum Gasteiger partial charge on any atom is -0.481 e. The number of carboxylic acid groups (broad SMARTS) is 1. The number of ketones is 1. The number of carbonyl (C=O) groups is 2. The van der Waals surface area contributed by atoms with E-state index in [0.717, 1.165) is 6.42 Å². The molecule has 88 valence electrons. The van der Waals surface area contributed by atoms with E-state index in [2.05, 4.69) is 0 Å². The topological polar surface area (TPSA) is 54.4 Å². The Morgan fingerprint density at radius 3 is 2.06 bits per heavy atom. The molecule has 3 nitrogen and oxygen atoms in total. The Hall–Kier alpha value is -1.12. The molecule has 1 fully saturated rings. The fourth-order valence-corrected chi connectivity index (χ4v) is 3.02. The molecule has 1 saturated carbocycles. The molecule has 0 aromatic rings. The Bertz CT molecular complexity index is 362. The van der Waals surface area contributed by atoms with E-state index in [1.807, 2.05) is 32.9 Å². The Morgan fingerprint density at radius 2 is 1.62 bits per heavy atom. The molecule has 16 heavy (non-hydrogen) atoms. The van der Waals surface area contributed by atoms with E-state index in [-0.39, 0.29) is 23.5 Å². The van der Waals surface area contributed by atoms with Gasteiger partial charge in [0, 0.05) is 11.3 Å². The summed E-state index contributed by atoms with van der Waals surface area (Å²) in [7, 11) is 0. The molecule has 4 atom stereocenters. The normalized spacial score (nSPS) is 36.7. The monoisotopic (exact) mass is 222 g/mol. The Labute approximate surface area is 95.5 Å². The minimum absolute atomic E-state index is 0.0683. The largest absolute Gasteiger partial charge is 0.481 e. The molecule has 2 bridgehead atoms. The lowest BCUT2D eigenvalue weighted by molar-refractivity contribution is -0.149. The van der Waals surface area contributed by atoms with Gasteiger partial charge in [0.15, 0.2) is 0 Å². The van der Waals surface area contributed by atoms with Gasteiger partial charge in [0.05, 0.1) is 5.92 Å². The fraction of sp³-hybridized carbons (Fsp3) is 0.692. The molecular weight excluding hydrogens is 204 g/mol. The van der Waals surface area contributed by atoms with E-state index in [0.29, 0.717) is 0 Å². The lowest BCUT2D eigenvalue weighted by atomic mass is 9.72. The molecule has 0 aromatic carbocycles. The number of hydrogen-bond donors (Lipinski definition) is 1. The fourth-order valence-electron chi connectivity index (χ4n) is 3.02. The zero-order chi connectivity index (χ0) is 12.1. The average Bonchev–Trinajstić information content (AvgIpc) is 2.72. The van der Waals surface area contributed by atoms with Gasteiger partial charge >= 0.3 is 5.97 Å². The summed E-state index contributed by atoms with van der Waals surface area (Å²) in [4.78, 5) is 23.5. The number of fused-ring (bicyclic) bond motifs is 2. The Kier molecular flexibility index (Phi) is 2.44. The highest BCUT2D eigenvalue weighted by Gasteiger charge is 2.53. The van der Waals surface area contributed by atoms with Crippen LogP contribution in [0.25, 0.3) is 0 Å². The van der Waals surface area contributed by atoms with Crippen LogP contribution in [0.5, 0.6) is 0 Å². The van der Waals surface area contributed by atoms with Crippen LogP contribution < -0.4 is 0 Å². The van der Waals surface area contributed by atoms with Crippen LogP contribution in [0, 0.1) is 29.1 Å². The maximum atomic E-state index is 12.3. The van der Waals surface area contributed by atoms with Gasteiger partial charge in [-0.15, -0.1) is 0 Å². The summed E-state index contributed by atoms with van der Waals surface area (Å²) in [6.45, 7) is 5.60. The summed E-state index contributed by atoms with van der Waals surface area (Å²) >= 11 is 0. The highest BCUT2D eigenvalue weighted by atomic mass is 16.4. The maximum Gasteiger partial charge on any atom is 0.307 e. The minimum atomic E-state index is -0.820. The molecule has 0 aromatic heterocycles. The standard InChI is InChI=1S/C13H18O3/c1-13(2,3)11(14)9-7-4-5-8(6-7)10(9)12(15)16/h4-5,7-10H,6H2,1-3H3,(H,15,16). The molecule has 0 saturated heterocycles. The van der Waals surface area contributed by atoms with Crippen LogP contribution in [0.4, 0.5) is 0 Å². The molecule has 4 unspecified atom stereocenters. The molecule has 0 aliphatic heterocycles. The number of carbonyl (C=O) groups excluding carboxylic acids is 1. The smallest absolute Gasteiger partial charge is 0.307 e. The molecule has 0 radical (unpaired) electrons. The van der Waals surface area contributed by atoms with Crippen molar-refractivity contribution >= 4 is 11.8 Å². The average molecular weight is 222 g/mol. The van der Waals surface area contributed by atoms with Crippen LogP contribution in [0.1, 0.15) is 27.2 Å². The van der Waals surface area contributed by atoms with Crippen molar-refractivity contribution in [2.24, 2.45) is 29.1 Å². The third-order valence-corrected chi connectivity index (χ3v) is 3.79. The first-order valence-electron chi connectivity index (χ1n) is 5.78. The van der Waals surface area contributed by atoms with Crippen LogP contribution in [0.3, 0.4) is 0 Å². The summed E-state index contributed by atoms with van der Waals surface area (Å²) < 4.78 is 0. The van der Waals surface area contributed by atoms with Gasteiger partial charge in [-0.3, -0.25) is 9.59 Å². The summed E-state index contributed by atoms with van der Waals surface area (Å²) in [5.74, 6) is -1.32. The van der Waals surface area contributed by atoms with E-state index in [1.165, 1.54) is 0 Å². The van der Waals surface area contributed by atoms with Gasteiger partial charge in [-0.2, -0.15) is 0 Å².